The van der Waals surface area contributed by atoms with Gasteiger partial charge in [-0.05, 0) is 19.8 Å². The van der Waals surface area contributed by atoms with Crippen LogP contribution in [0.2, 0.25) is 0 Å². The molecule has 6 nitrogen and oxygen atoms in total. The first-order valence-corrected chi connectivity index (χ1v) is 9.97. The summed E-state index contributed by atoms with van der Waals surface area (Å²) in [6, 6.07) is 0. The number of rotatable bonds is 5. The number of aryl methyl sites for hydroxylation is 1. The second-order valence-corrected chi connectivity index (χ2v) is 9.27. The molecule has 1 saturated heterocycles. The van der Waals surface area contributed by atoms with Crippen LogP contribution in [-0.2, 0) is 28.3 Å². The Balaban J connectivity index is 1.66. The van der Waals surface area contributed by atoms with Crippen molar-refractivity contribution < 1.29 is 8.42 Å². The Labute approximate surface area is 134 Å². The highest BCUT2D eigenvalue weighted by Crippen LogP contribution is 2.30. The van der Waals surface area contributed by atoms with Crippen LogP contribution in [-0.4, -0.2) is 34.7 Å². The number of nitrogens with one attached hydrogen (secondary N) is 1. The maximum absolute atomic E-state index is 11.7. The van der Waals surface area contributed by atoms with Crippen LogP contribution in [0.25, 0.3) is 0 Å². The van der Waals surface area contributed by atoms with E-state index in [1.165, 1.54) is 4.88 Å². The van der Waals surface area contributed by atoms with Gasteiger partial charge in [-0.2, -0.15) is 5.10 Å². The molecule has 120 valence electrons. The molecule has 0 amide bonds. The largest absolute Gasteiger partial charge is 0.357 e. The summed E-state index contributed by atoms with van der Waals surface area (Å²) < 4.78 is 25.2. The second-order valence-electron chi connectivity index (χ2n) is 5.97. The average molecular weight is 340 g/mol. The van der Waals surface area contributed by atoms with Gasteiger partial charge in [-0.15, -0.1) is 11.3 Å². The lowest BCUT2D eigenvalue weighted by atomic mass is 10.0. The van der Waals surface area contributed by atoms with Gasteiger partial charge in [0.05, 0.1) is 23.2 Å². The lowest BCUT2D eigenvalue weighted by Gasteiger charge is -2.22. The quantitative estimate of drug-likeness (QED) is 0.901. The van der Waals surface area contributed by atoms with E-state index in [1.54, 1.807) is 22.2 Å². The van der Waals surface area contributed by atoms with Crippen molar-refractivity contribution in [3.05, 3.63) is 29.0 Å². The number of anilines is 1. The summed E-state index contributed by atoms with van der Waals surface area (Å²) in [4.78, 5) is 5.57. The fourth-order valence-corrected chi connectivity index (χ4v) is 5.52. The fraction of sp³-hybridized carbons (Fsp3) is 0.571. The highest BCUT2D eigenvalue weighted by atomic mass is 32.2. The zero-order valence-electron chi connectivity index (χ0n) is 12.7. The molecular formula is C14H20N4O2S2. The lowest BCUT2D eigenvalue weighted by molar-refractivity contribution is 0.328. The van der Waals surface area contributed by atoms with E-state index in [2.05, 4.69) is 22.3 Å². The van der Waals surface area contributed by atoms with Gasteiger partial charge < -0.3 is 5.32 Å². The molecule has 1 unspecified atom stereocenters. The third kappa shape index (κ3) is 3.17. The summed E-state index contributed by atoms with van der Waals surface area (Å²) in [5, 5.41) is 8.55. The van der Waals surface area contributed by atoms with Crippen molar-refractivity contribution >= 4 is 26.3 Å². The number of nitrogens with zero attached hydrogens (tertiary/aromatic N) is 3. The Kier molecular flexibility index (Phi) is 3.98. The molecule has 1 aliphatic rings. The van der Waals surface area contributed by atoms with E-state index in [9.17, 15) is 8.42 Å². The standard InChI is InChI=1S/C14H20N4O2S2/c1-3-12-8-16-13(21-12)15-6-11-7-17-18(9-11)14(2)4-5-22(19,20)10-14/h7-9H,3-6,10H2,1-2H3,(H,15,16). The first kappa shape index (κ1) is 15.5. The van der Waals surface area contributed by atoms with E-state index in [0.29, 0.717) is 13.0 Å². The molecule has 22 heavy (non-hydrogen) atoms. The van der Waals surface area contributed by atoms with Crippen molar-refractivity contribution in [2.45, 2.75) is 38.8 Å². The number of thiazole rings is 1. The van der Waals surface area contributed by atoms with Crippen molar-refractivity contribution in [1.82, 2.24) is 14.8 Å². The summed E-state index contributed by atoms with van der Waals surface area (Å²) in [6.07, 6.45) is 7.22. The summed E-state index contributed by atoms with van der Waals surface area (Å²) in [5.74, 6) is 0.413. The van der Waals surface area contributed by atoms with Gasteiger partial charge in [0.2, 0.25) is 0 Å². The maximum atomic E-state index is 11.7. The SMILES string of the molecule is CCc1cnc(NCc2cnn(C3(C)CCS(=O)(=O)C3)c2)s1. The van der Waals surface area contributed by atoms with E-state index in [1.807, 2.05) is 19.3 Å². The van der Waals surface area contributed by atoms with Crippen LogP contribution in [0.3, 0.4) is 0 Å². The highest BCUT2D eigenvalue weighted by Gasteiger charge is 2.40. The first-order valence-electron chi connectivity index (χ1n) is 7.33. The van der Waals surface area contributed by atoms with E-state index in [0.717, 1.165) is 17.1 Å². The topological polar surface area (TPSA) is 76.9 Å². The van der Waals surface area contributed by atoms with Crippen molar-refractivity contribution in [3.63, 3.8) is 0 Å². The Hall–Kier alpha value is -1.41. The minimum Gasteiger partial charge on any atom is -0.357 e. The molecule has 0 saturated carbocycles. The van der Waals surface area contributed by atoms with Gasteiger partial charge in [-0.1, -0.05) is 6.92 Å². The minimum absolute atomic E-state index is 0.168. The van der Waals surface area contributed by atoms with Gasteiger partial charge in [0, 0.05) is 29.4 Å². The summed E-state index contributed by atoms with van der Waals surface area (Å²) in [6.45, 7) is 4.70. The van der Waals surface area contributed by atoms with Gasteiger partial charge in [0.1, 0.15) is 0 Å². The average Bonchev–Trinajstić information content (AvgIpc) is 3.16. The Morgan fingerprint density at radius 1 is 1.45 bits per heavy atom. The molecule has 1 N–H and O–H groups in total. The first-order chi connectivity index (χ1) is 10.4. The van der Waals surface area contributed by atoms with Crippen molar-refractivity contribution in [2.75, 3.05) is 16.8 Å². The number of sulfone groups is 1. The maximum Gasteiger partial charge on any atom is 0.183 e. The molecule has 1 aliphatic heterocycles. The molecule has 3 rings (SSSR count). The zero-order valence-corrected chi connectivity index (χ0v) is 14.4. The zero-order chi connectivity index (χ0) is 15.8. The molecule has 0 bridgehead atoms. The van der Waals surface area contributed by atoms with Gasteiger partial charge in [0.15, 0.2) is 15.0 Å². The third-order valence-corrected chi connectivity index (χ3v) is 7.00. The monoisotopic (exact) mass is 340 g/mol. The predicted octanol–water partition coefficient (Wildman–Crippen LogP) is 2.05. The molecule has 0 radical (unpaired) electrons. The molecule has 2 aromatic rings. The molecule has 1 fully saturated rings. The smallest absolute Gasteiger partial charge is 0.183 e. The molecule has 1 atom stereocenters. The van der Waals surface area contributed by atoms with Crippen molar-refractivity contribution in [3.8, 4) is 0 Å². The van der Waals surface area contributed by atoms with E-state index in [4.69, 9.17) is 0 Å². The van der Waals surface area contributed by atoms with Crippen LogP contribution in [0.15, 0.2) is 18.6 Å². The van der Waals surface area contributed by atoms with Crippen LogP contribution >= 0.6 is 11.3 Å². The van der Waals surface area contributed by atoms with Crippen LogP contribution in [0.5, 0.6) is 0 Å². The van der Waals surface area contributed by atoms with Crippen molar-refractivity contribution in [1.29, 1.82) is 0 Å². The lowest BCUT2D eigenvalue weighted by Crippen LogP contribution is -2.31. The minimum atomic E-state index is -2.93. The van der Waals surface area contributed by atoms with E-state index >= 15 is 0 Å². The van der Waals surface area contributed by atoms with Gasteiger partial charge >= 0.3 is 0 Å². The molecule has 2 aromatic heterocycles. The van der Waals surface area contributed by atoms with Gasteiger partial charge in [-0.3, -0.25) is 4.68 Å². The number of aromatic nitrogens is 3. The van der Waals surface area contributed by atoms with E-state index in [-0.39, 0.29) is 11.5 Å². The summed E-state index contributed by atoms with van der Waals surface area (Å²) in [5.41, 5.74) is 0.604. The molecule has 8 heteroatoms. The summed E-state index contributed by atoms with van der Waals surface area (Å²) in [7, 11) is -2.93. The number of hydrogen-bond donors (Lipinski definition) is 1. The molecule has 0 spiro atoms. The predicted molar refractivity (Wildman–Crippen MR) is 88.0 cm³/mol. The summed E-state index contributed by atoms with van der Waals surface area (Å²) >= 11 is 1.65. The van der Waals surface area contributed by atoms with Gasteiger partial charge in [-0.25, -0.2) is 13.4 Å². The molecule has 3 heterocycles. The molecular weight excluding hydrogens is 320 g/mol. The van der Waals surface area contributed by atoms with Crippen molar-refractivity contribution in [2.24, 2.45) is 0 Å². The van der Waals surface area contributed by atoms with Gasteiger partial charge in [0.25, 0.3) is 0 Å². The fourth-order valence-electron chi connectivity index (χ4n) is 2.65. The third-order valence-electron chi connectivity index (χ3n) is 4.02. The van der Waals surface area contributed by atoms with Crippen LogP contribution in [0, 0.1) is 0 Å². The van der Waals surface area contributed by atoms with E-state index < -0.39 is 15.4 Å². The van der Waals surface area contributed by atoms with Crippen LogP contribution < -0.4 is 5.32 Å². The number of hydrogen-bond acceptors (Lipinski definition) is 6. The second kappa shape index (κ2) is 5.66. The van der Waals surface area contributed by atoms with Crippen LogP contribution in [0.1, 0.15) is 30.7 Å². The molecule has 0 aromatic carbocycles. The normalized spacial score (nSPS) is 23.7. The molecule has 0 aliphatic carbocycles. The van der Waals surface area contributed by atoms with Crippen LogP contribution in [0.4, 0.5) is 5.13 Å². The Bertz CT molecular complexity index is 765. The Morgan fingerprint density at radius 2 is 2.27 bits per heavy atom. The highest BCUT2D eigenvalue weighted by molar-refractivity contribution is 7.91. The Morgan fingerprint density at radius 3 is 2.91 bits per heavy atom.